The van der Waals surface area contributed by atoms with E-state index in [1.54, 1.807) is 16.8 Å². The summed E-state index contributed by atoms with van der Waals surface area (Å²) in [6.45, 7) is 5.50. The minimum atomic E-state index is -3.80. The zero-order chi connectivity index (χ0) is 26.8. The van der Waals surface area contributed by atoms with E-state index in [9.17, 15) is 18.0 Å². The van der Waals surface area contributed by atoms with Crippen LogP contribution in [0, 0.1) is 6.92 Å². The second-order valence-electron chi connectivity index (χ2n) is 8.48. The summed E-state index contributed by atoms with van der Waals surface area (Å²) in [7, 11) is -3.80. The molecule has 10 nitrogen and oxygen atoms in total. The van der Waals surface area contributed by atoms with Crippen molar-refractivity contribution >= 4 is 21.8 Å². The van der Waals surface area contributed by atoms with E-state index >= 15 is 0 Å². The van der Waals surface area contributed by atoms with E-state index in [0.29, 0.717) is 50.5 Å². The van der Waals surface area contributed by atoms with Gasteiger partial charge in [-0.1, -0.05) is 29.8 Å². The highest BCUT2D eigenvalue weighted by Crippen LogP contribution is 2.25. The lowest BCUT2D eigenvalue weighted by Crippen LogP contribution is -2.35. The van der Waals surface area contributed by atoms with Gasteiger partial charge >= 0.3 is 0 Å². The lowest BCUT2D eigenvalue weighted by molar-refractivity contribution is -0.123. The lowest BCUT2D eigenvalue weighted by atomic mass is 10.1. The van der Waals surface area contributed by atoms with Gasteiger partial charge in [0.25, 0.3) is 0 Å². The van der Waals surface area contributed by atoms with E-state index in [-0.39, 0.29) is 23.1 Å². The minimum Gasteiger partial charge on any atom is -0.381 e. The molecule has 0 atom stereocenters. The minimum absolute atomic E-state index is 0.0164. The van der Waals surface area contributed by atoms with Gasteiger partial charge in [-0.15, -0.1) is 0 Å². The van der Waals surface area contributed by atoms with Crippen molar-refractivity contribution < 1.29 is 22.7 Å². The van der Waals surface area contributed by atoms with Crippen LogP contribution in [0.25, 0.3) is 16.9 Å². The fourth-order valence-corrected chi connectivity index (χ4v) is 4.10. The molecule has 0 saturated carbocycles. The summed E-state index contributed by atoms with van der Waals surface area (Å²) in [4.78, 5) is 24.0. The van der Waals surface area contributed by atoms with E-state index in [0.717, 1.165) is 16.8 Å². The number of nitrogens with two attached hydrogens (primary N) is 1. The second-order valence-corrected chi connectivity index (χ2v) is 10.0. The number of aromatic nitrogens is 2. The number of primary sulfonamides is 1. The largest absolute Gasteiger partial charge is 0.381 e. The Balaban J connectivity index is 1.65. The number of carbonyl (C=O) groups is 2. The van der Waals surface area contributed by atoms with Crippen LogP contribution in [-0.4, -0.2) is 56.3 Å². The Morgan fingerprint density at radius 2 is 1.59 bits per heavy atom. The summed E-state index contributed by atoms with van der Waals surface area (Å²) in [6, 6.07) is 16.1. The quantitative estimate of drug-likeness (QED) is 0.290. The topological polar surface area (TPSA) is 145 Å². The van der Waals surface area contributed by atoms with Crippen LogP contribution in [-0.2, 0) is 30.8 Å². The van der Waals surface area contributed by atoms with Gasteiger partial charge in [-0.25, -0.2) is 18.2 Å². The maximum Gasteiger partial charge on any atom is 0.238 e. The Bertz CT molecular complexity index is 1300. The molecule has 198 valence electrons. The molecule has 0 aliphatic heterocycles. The van der Waals surface area contributed by atoms with Crippen molar-refractivity contribution in [3.63, 3.8) is 0 Å². The van der Waals surface area contributed by atoms with Crippen molar-refractivity contribution in [3.05, 3.63) is 65.9 Å². The first-order valence-electron chi connectivity index (χ1n) is 12.1. The molecule has 3 rings (SSSR count). The summed E-state index contributed by atoms with van der Waals surface area (Å²) in [5.74, 6) is -0.263. The predicted octanol–water partition coefficient (Wildman–Crippen LogP) is 2.09. The molecule has 11 heteroatoms. The molecule has 1 aromatic heterocycles. The van der Waals surface area contributed by atoms with Gasteiger partial charge in [0.2, 0.25) is 21.8 Å². The Morgan fingerprint density at radius 1 is 0.973 bits per heavy atom. The molecule has 2 amide bonds. The number of hydrogen-bond donors (Lipinski definition) is 3. The molecule has 0 radical (unpaired) electrons. The molecule has 0 aliphatic carbocycles. The highest BCUT2D eigenvalue weighted by Gasteiger charge is 2.15. The van der Waals surface area contributed by atoms with Crippen molar-refractivity contribution in [1.82, 2.24) is 20.4 Å². The van der Waals surface area contributed by atoms with E-state index in [2.05, 4.69) is 15.7 Å². The molecule has 0 spiro atoms. The van der Waals surface area contributed by atoms with Gasteiger partial charge in [0.1, 0.15) is 0 Å². The van der Waals surface area contributed by atoms with Gasteiger partial charge in [-0.05, 0) is 44.2 Å². The fourth-order valence-electron chi connectivity index (χ4n) is 3.59. The van der Waals surface area contributed by atoms with E-state index in [1.807, 2.05) is 44.2 Å². The van der Waals surface area contributed by atoms with Crippen LogP contribution in [0.5, 0.6) is 0 Å². The van der Waals surface area contributed by atoms with Gasteiger partial charge in [0, 0.05) is 44.5 Å². The zero-order valence-corrected chi connectivity index (χ0v) is 21.9. The summed E-state index contributed by atoms with van der Waals surface area (Å²) in [5.41, 5.74) is 4.25. The molecule has 4 N–H and O–H groups in total. The number of benzene rings is 2. The normalized spacial score (nSPS) is 11.3. The van der Waals surface area contributed by atoms with E-state index in [1.165, 1.54) is 12.1 Å². The second kappa shape index (κ2) is 13.1. The number of hydrogen-bond acceptors (Lipinski definition) is 6. The first-order chi connectivity index (χ1) is 17.7. The molecule has 0 saturated heterocycles. The third-order valence-corrected chi connectivity index (χ3v) is 6.50. The summed E-state index contributed by atoms with van der Waals surface area (Å²) >= 11 is 0. The number of sulfonamides is 1. The van der Waals surface area contributed by atoms with Crippen molar-refractivity contribution in [2.24, 2.45) is 5.14 Å². The number of nitrogens with zero attached hydrogens (tertiary/aromatic N) is 2. The van der Waals surface area contributed by atoms with Crippen LogP contribution in [0.2, 0.25) is 0 Å². The number of carbonyl (C=O) groups excluding carboxylic acids is 2. The number of rotatable bonds is 13. The summed E-state index contributed by atoms with van der Waals surface area (Å²) in [5, 5.41) is 15.4. The standard InChI is InChI=1S/C26H33N5O5S/c1-3-36-17-14-26(33)29-16-15-28-25(32)13-8-21-18-24(20-6-4-19(2)5-7-20)31(30-21)22-9-11-23(12-10-22)37(27,34)35/h4-7,9-12,18H,3,8,13-17H2,1-2H3,(H,28,32)(H,29,33)(H2,27,34,35). The first-order valence-corrected chi connectivity index (χ1v) is 13.6. The van der Waals surface area contributed by atoms with Crippen molar-refractivity contribution in [1.29, 1.82) is 0 Å². The number of aryl methyl sites for hydroxylation is 2. The molecule has 3 aromatic rings. The molecule has 2 aromatic carbocycles. The average Bonchev–Trinajstić information content (AvgIpc) is 3.30. The Morgan fingerprint density at radius 3 is 2.19 bits per heavy atom. The van der Waals surface area contributed by atoms with Gasteiger partial charge in [0.15, 0.2) is 0 Å². The van der Waals surface area contributed by atoms with Gasteiger partial charge < -0.3 is 15.4 Å². The zero-order valence-electron chi connectivity index (χ0n) is 21.1. The third kappa shape index (κ3) is 8.52. The Hall–Kier alpha value is -3.54. The lowest BCUT2D eigenvalue weighted by Gasteiger charge is -2.09. The molecule has 1 heterocycles. The van der Waals surface area contributed by atoms with Crippen LogP contribution >= 0.6 is 0 Å². The van der Waals surface area contributed by atoms with Crippen molar-refractivity contribution in [2.75, 3.05) is 26.3 Å². The maximum absolute atomic E-state index is 12.3. The van der Waals surface area contributed by atoms with Crippen LogP contribution in [0.3, 0.4) is 0 Å². The number of ether oxygens (including phenoxy) is 1. The van der Waals surface area contributed by atoms with Crippen LogP contribution in [0.4, 0.5) is 0 Å². The Kier molecular flexibility index (Phi) is 9.95. The SMILES string of the molecule is CCOCCC(=O)NCCNC(=O)CCc1cc(-c2ccc(C)cc2)n(-c2ccc(S(N)(=O)=O)cc2)n1. The third-order valence-electron chi connectivity index (χ3n) is 5.57. The molecular formula is C26H33N5O5S. The molecule has 0 aliphatic rings. The first kappa shape index (κ1) is 28.0. The fraction of sp³-hybridized carbons (Fsp3) is 0.346. The molecular weight excluding hydrogens is 494 g/mol. The number of nitrogens with one attached hydrogen (secondary N) is 2. The van der Waals surface area contributed by atoms with Gasteiger partial charge in [0.05, 0.1) is 28.6 Å². The predicted molar refractivity (Wildman–Crippen MR) is 141 cm³/mol. The summed E-state index contributed by atoms with van der Waals surface area (Å²) < 4.78 is 30.1. The summed E-state index contributed by atoms with van der Waals surface area (Å²) in [6.07, 6.45) is 0.930. The monoisotopic (exact) mass is 527 g/mol. The van der Waals surface area contributed by atoms with E-state index < -0.39 is 10.0 Å². The highest BCUT2D eigenvalue weighted by molar-refractivity contribution is 7.89. The maximum atomic E-state index is 12.3. The smallest absolute Gasteiger partial charge is 0.238 e. The Labute approximate surface area is 217 Å². The molecule has 37 heavy (non-hydrogen) atoms. The molecule has 0 fully saturated rings. The van der Waals surface area contributed by atoms with E-state index in [4.69, 9.17) is 9.88 Å². The highest BCUT2D eigenvalue weighted by atomic mass is 32.2. The van der Waals surface area contributed by atoms with Gasteiger partial charge in [-0.2, -0.15) is 5.10 Å². The van der Waals surface area contributed by atoms with Crippen LogP contribution in [0.15, 0.2) is 59.5 Å². The van der Waals surface area contributed by atoms with Crippen molar-refractivity contribution in [2.45, 2.75) is 38.0 Å². The van der Waals surface area contributed by atoms with Gasteiger partial charge in [-0.3, -0.25) is 9.59 Å². The molecule has 0 bridgehead atoms. The van der Waals surface area contributed by atoms with Crippen LogP contribution < -0.4 is 15.8 Å². The number of amides is 2. The van der Waals surface area contributed by atoms with Crippen LogP contribution in [0.1, 0.15) is 31.0 Å². The average molecular weight is 528 g/mol. The van der Waals surface area contributed by atoms with Crippen molar-refractivity contribution in [3.8, 4) is 16.9 Å². The molecule has 0 unspecified atom stereocenters.